The van der Waals surface area contributed by atoms with E-state index in [0.29, 0.717) is 18.7 Å². The summed E-state index contributed by atoms with van der Waals surface area (Å²) < 4.78 is 5.22. The molecule has 1 rings (SSSR count). The number of hydrogen-bond donors (Lipinski definition) is 3. The Balaban J connectivity index is 2.40. The van der Waals surface area contributed by atoms with Crippen LogP contribution >= 0.6 is 0 Å². The molecule has 0 aliphatic carbocycles. The van der Waals surface area contributed by atoms with E-state index in [9.17, 15) is 9.59 Å². The third kappa shape index (κ3) is 8.54. The lowest BCUT2D eigenvalue weighted by molar-refractivity contribution is 0.0523. The first kappa shape index (κ1) is 21.0. The Hall–Kier alpha value is -2.08. The fraction of sp³-hybridized carbons (Fsp3) is 0.579. The van der Waals surface area contributed by atoms with Crippen molar-refractivity contribution in [3.8, 4) is 0 Å². The summed E-state index contributed by atoms with van der Waals surface area (Å²) in [7, 11) is 1.62. The molecular formula is C19H31N3O3. The van der Waals surface area contributed by atoms with E-state index in [4.69, 9.17) is 4.74 Å². The predicted octanol–water partition coefficient (Wildman–Crippen LogP) is 2.83. The number of alkyl carbamates (subject to hydrolysis) is 1. The van der Waals surface area contributed by atoms with Crippen molar-refractivity contribution in [1.29, 1.82) is 0 Å². The van der Waals surface area contributed by atoms with Crippen molar-refractivity contribution in [3.63, 3.8) is 0 Å². The van der Waals surface area contributed by atoms with Crippen LogP contribution in [0.25, 0.3) is 0 Å². The van der Waals surface area contributed by atoms with Gasteiger partial charge in [-0.25, -0.2) is 4.79 Å². The summed E-state index contributed by atoms with van der Waals surface area (Å²) in [5.74, 6) is -0.0898. The number of amides is 2. The first-order valence-electron chi connectivity index (χ1n) is 8.55. The second kappa shape index (κ2) is 8.85. The highest BCUT2D eigenvalue weighted by molar-refractivity contribution is 5.93. The molecule has 3 N–H and O–H groups in total. The summed E-state index contributed by atoms with van der Waals surface area (Å²) >= 11 is 0. The number of benzene rings is 1. The van der Waals surface area contributed by atoms with Gasteiger partial charge >= 0.3 is 6.09 Å². The maximum absolute atomic E-state index is 11.6. The number of rotatable bonds is 7. The zero-order chi connectivity index (χ0) is 19.1. The molecule has 0 atom stereocenters. The highest BCUT2D eigenvalue weighted by atomic mass is 16.6. The largest absolute Gasteiger partial charge is 0.444 e. The molecule has 0 aromatic heterocycles. The summed E-state index contributed by atoms with van der Waals surface area (Å²) in [6.45, 7) is 10.9. The quantitative estimate of drug-likeness (QED) is 0.707. The van der Waals surface area contributed by atoms with Crippen LogP contribution in [0.15, 0.2) is 24.3 Å². The summed E-state index contributed by atoms with van der Waals surface area (Å²) in [6, 6.07) is 7.50. The molecule has 0 radical (unpaired) electrons. The van der Waals surface area contributed by atoms with Crippen molar-refractivity contribution in [1.82, 2.24) is 16.0 Å². The van der Waals surface area contributed by atoms with Gasteiger partial charge in [0.15, 0.2) is 0 Å². The van der Waals surface area contributed by atoms with Gasteiger partial charge in [0.1, 0.15) is 5.60 Å². The molecule has 0 unspecified atom stereocenters. The lowest BCUT2D eigenvalue weighted by atomic mass is 10.00. The third-order valence-corrected chi connectivity index (χ3v) is 3.63. The van der Waals surface area contributed by atoms with Gasteiger partial charge in [0.05, 0.1) is 0 Å². The maximum atomic E-state index is 11.6. The Kier molecular flexibility index (Phi) is 7.42. The minimum atomic E-state index is -0.487. The molecule has 140 valence electrons. The molecule has 6 heteroatoms. The molecule has 6 nitrogen and oxygen atoms in total. The van der Waals surface area contributed by atoms with Gasteiger partial charge in [0.2, 0.25) is 0 Å². The van der Waals surface area contributed by atoms with Gasteiger partial charge in [-0.1, -0.05) is 12.1 Å². The van der Waals surface area contributed by atoms with Crippen LogP contribution in [-0.2, 0) is 11.3 Å². The van der Waals surface area contributed by atoms with Crippen molar-refractivity contribution in [3.05, 3.63) is 35.4 Å². The van der Waals surface area contributed by atoms with Crippen molar-refractivity contribution in [2.24, 2.45) is 0 Å². The number of ether oxygens (including phenoxy) is 1. The Morgan fingerprint density at radius 1 is 1.04 bits per heavy atom. The summed E-state index contributed by atoms with van der Waals surface area (Å²) in [5.41, 5.74) is 1.11. The standard InChI is InChI=1S/C19H31N3O3/c1-18(2,3)25-17(24)21-12-11-19(4,5)22-13-14-7-9-15(10-8-14)16(23)20-6/h7-10,22H,11-13H2,1-6H3,(H,20,23)(H,21,24). The van der Waals surface area contributed by atoms with Crippen molar-refractivity contribution in [2.45, 2.75) is 58.7 Å². The summed E-state index contributed by atoms with van der Waals surface area (Å²) in [4.78, 5) is 23.2. The van der Waals surface area contributed by atoms with E-state index in [0.717, 1.165) is 12.0 Å². The Morgan fingerprint density at radius 3 is 2.16 bits per heavy atom. The van der Waals surface area contributed by atoms with Crippen LogP contribution in [0.1, 0.15) is 57.0 Å². The fourth-order valence-corrected chi connectivity index (χ4v) is 2.14. The molecule has 0 saturated carbocycles. The van der Waals surface area contributed by atoms with E-state index in [-0.39, 0.29) is 11.4 Å². The van der Waals surface area contributed by atoms with Crippen molar-refractivity contribution in [2.75, 3.05) is 13.6 Å². The molecule has 0 spiro atoms. The van der Waals surface area contributed by atoms with Crippen LogP contribution in [-0.4, -0.2) is 36.7 Å². The number of carbonyl (C=O) groups excluding carboxylic acids is 2. The monoisotopic (exact) mass is 349 g/mol. The second-order valence-electron chi connectivity index (χ2n) is 7.69. The SMILES string of the molecule is CNC(=O)c1ccc(CNC(C)(C)CCNC(=O)OC(C)(C)C)cc1. The van der Waals surface area contributed by atoms with E-state index < -0.39 is 11.7 Å². The van der Waals surface area contributed by atoms with E-state index in [2.05, 4.69) is 29.8 Å². The topological polar surface area (TPSA) is 79.5 Å². The van der Waals surface area contributed by atoms with E-state index >= 15 is 0 Å². The lowest BCUT2D eigenvalue weighted by Gasteiger charge is -2.27. The highest BCUT2D eigenvalue weighted by Gasteiger charge is 2.19. The molecule has 25 heavy (non-hydrogen) atoms. The third-order valence-electron chi connectivity index (χ3n) is 3.63. The first-order chi connectivity index (χ1) is 11.5. The molecule has 2 amide bonds. The van der Waals surface area contributed by atoms with Gasteiger partial charge in [-0.2, -0.15) is 0 Å². The predicted molar refractivity (Wildman–Crippen MR) is 99.6 cm³/mol. The molecule has 1 aromatic rings. The Morgan fingerprint density at radius 2 is 1.64 bits per heavy atom. The molecule has 0 aliphatic rings. The maximum Gasteiger partial charge on any atom is 0.407 e. The van der Waals surface area contributed by atoms with Crippen molar-refractivity contribution < 1.29 is 14.3 Å². The fourth-order valence-electron chi connectivity index (χ4n) is 2.14. The van der Waals surface area contributed by atoms with Crippen LogP contribution < -0.4 is 16.0 Å². The van der Waals surface area contributed by atoms with Crippen LogP contribution in [0.3, 0.4) is 0 Å². The van der Waals surface area contributed by atoms with Crippen LogP contribution in [0.4, 0.5) is 4.79 Å². The Bertz CT molecular complexity index is 575. The van der Waals surface area contributed by atoms with Gasteiger partial charge in [-0.05, 0) is 58.7 Å². The molecule has 0 aliphatic heterocycles. The molecule has 0 heterocycles. The highest BCUT2D eigenvalue weighted by Crippen LogP contribution is 2.11. The summed E-state index contributed by atoms with van der Waals surface area (Å²) in [5, 5.41) is 8.85. The van der Waals surface area contributed by atoms with Crippen molar-refractivity contribution >= 4 is 12.0 Å². The minimum absolute atomic E-state index is 0.0898. The summed E-state index contributed by atoms with van der Waals surface area (Å²) in [6.07, 6.45) is 0.371. The number of carbonyl (C=O) groups is 2. The van der Waals surface area contributed by atoms with Crippen LogP contribution in [0.5, 0.6) is 0 Å². The van der Waals surface area contributed by atoms with Gasteiger partial charge in [0, 0.05) is 31.2 Å². The normalized spacial score (nSPS) is 11.8. The Labute approximate surface area is 150 Å². The van der Waals surface area contributed by atoms with Crippen LogP contribution in [0, 0.1) is 0 Å². The number of nitrogens with one attached hydrogen (secondary N) is 3. The van der Waals surface area contributed by atoms with Crippen LogP contribution in [0.2, 0.25) is 0 Å². The molecule has 1 aromatic carbocycles. The van der Waals surface area contributed by atoms with E-state index in [1.165, 1.54) is 0 Å². The zero-order valence-electron chi connectivity index (χ0n) is 16.2. The first-order valence-corrected chi connectivity index (χ1v) is 8.55. The average molecular weight is 349 g/mol. The molecule has 0 bridgehead atoms. The van der Waals surface area contributed by atoms with Gasteiger partial charge < -0.3 is 20.7 Å². The average Bonchev–Trinajstić information content (AvgIpc) is 2.51. The smallest absolute Gasteiger partial charge is 0.407 e. The minimum Gasteiger partial charge on any atom is -0.444 e. The van der Waals surface area contributed by atoms with Gasteiger partial charge in [-0.3, -0.25) is 4.79 Å². The second-order valence-corrected chi connectivity index (χ2v) is 7.69. The molecule has 0 saturated heterocycles. The van der Waals surface area contributed by atoms with E-state index in [1.54, 1.807) is 7.05 Å². The number of hydrogen-bond acceptors (Lipinski definition) is 4. The molecule has 0 fully saturated rings. The van der Waals surface area contributed by atoms with Gasteiger partial charge in [-0.15, -0.1) is 0 Å². The molecular weight excluding hydrogens is 318 g/mol. The van der Waals surface area contributed by atoms with Gasteiger partial charge in [0.25, 0.3) is 5.91 Å². The lowest BCUT2D eigenvalue weighted by Crippen LogP contribution is -2.42. The van der Waals surface area contributed by atoms with E-state index in [1.807, 2.05) is 45.0 Å². The zero-order valence-corrected chi connectivity index (χ0v) is 16.2.